The van der Waals surface area contributed by atoms with Crippen molar-refractivity contribution in [3.05, 3.63) is 47.0 Å². The molecule has 0 saturated heterocycles. The molecule has 0 amide bonds. The van der Waals surface area contributed by atoms with Crippen LogP contribution in [0.1, 0.15) is 24.8 Å². The van der Waals surface area contributed by atoms with Gasteiger partial charge in [-0.2, -0.15) is 0 Å². The van der Waals surface area contributed by atoms with Crippen LogP contribution < -0.4 is 0 Å². The fourth-order valence-corrected chi connectivity index (χ4v) is 2.32. The van der Waals surface area contributed by atoms with Crippen LogP contribution in [0.2, 0.25) is 0 Å². The van der Waals surface area contributed by atoms with E-state index in [0.717, 1.165) is 22.0 Å². The Morgan fingerprint density at radius 1 is 1.53 bits per heavy atom. The summed E-state index contributed by atoms with van der Waals surface area (Å²) in [6.45, 7) is 2.05. The van der Waals surface area contributed by atoms with E-state index in [2.05, 4.69) is 27.0 Å². The number of halogens is 1. The summed E-state index contributed by atoms with van der Waals surface area (Å²) in [4.78, 5) is 14.5. The zero-order valence-electron chi connectivity index (χ0n) is 9.51. The molecule has 4 heteroatoms. The Labute approximate surface area is 109 Å². The minimum Gasteiger partial charge on any atom is -0.305 e. The zero-order valence-corrected chi connectivity index (χ0v) is 11.1. The molecule has 0 radical (unpaired) electrons. The Morgan fingerprint density at radius 2 is 2.35 bits per heavy atom. The smallest absolute Gasteiger partial charge is 0.120 e. The maximum Gasteiger partial charge on any atom is 0.120 e. The van der Waals surface area contributed by atoms with Crippen LogP contribution in [0, 0.1) is 0 Å². The van der Waals surface area contributed by atoms with E-state index in [9.17, 15) is 4.79 Å². The highest BCUT2D eigenvalue weighted by atomic mass is 79.9. The lowest BCUT2D eigenvalue weighted by atomic mass is 9.98. The van der Waals surface area contributed by atoms with E-state index in [-0.39, 0.29) is 5.92 Å². The molecular weight excluding hydrogens is 280 g/mol. The fourth-order valence-electron chi connectivity index (χ4n) is 1.72. The van der Waals surface area contributed by atoms with Gasteiger partial charge < -0.3 is 9.36 Å². The Balaban J connectivity index is 2.32. The average Bonchev–Trinajstić information content (AvgIpc) is 2.82. The van der Waals surface area contributed by atoms with Gasteiger partial charge in [0.2, 0.25) is 0 Å². The molecule has 1 heterocycles. The first-order valence-corrected chi connectivity index (χ1v) is 6.23. The van der Waals surface area contributed by atoms with E-state index in [1.54, 1.807) is 12.5 Å². The van der Waals surface area contributed by atoms with Gasteiger partial charge in [0.25, 0.3) is 0 Å². The molecule has 0 saturated carbocycles. The largest absolute Gasteiger partial charge is 0.305 e. The topological polar surface area (TPSA) is 34.9 Å². The van der Waals surface area contributed by atoms with Crippen molar-refractivity contribution in [2.45, 2.75) is 19.3 Å². The molecule has 0 aliphatic heterocycles. The van der Waals surface area contributed by atoms with Crippen LogP contribution in [0.4, 0.5) is 0 Å². The molecule has 0 spiro atoms. The van der Waals surface area contributed by atoms with Gasteiger partial charge in [-0.3, -0.25) is 0 Å². The van der Waals surface area contributed by atoms with Gasteiger partial charge in [-0.25, -0.2) is 4.98 Å². The number of nitrogens with zero attached hydrogens (tertiary/aromatic N) is 2. The van der Waals surface area contributed by atoms with Gasteiger partial charge in [0.05, 0.1) is 12.0 Å². The number of rotatable bonds is 4. The lowest BCUT2D eigenvalue weighted by Crippen LogP contribution is -1.97. The number of carbonyl (C=O) groups is 1. The molecule has 1 unspecified atom stereocenters. The van der Waals surface area contributed by atoms with Crippen LogP contribution in [0.3, 0.4) is 0 Å². The molecule has 0 aliphatic carbocycles. The van der Waals surface area contributed by atoms with Crippen molar-refractivity contribution in [1.82, 2.24) is 9.55 Å². The summed E-state index contributed by atoms with van der Waals surface area (Å²) in [6, 6.07) is 6.14. The van der Waals surface area contributed by atoms with E-state index in [1.807, 2.05) is 29.8 Å². The molecule has 0 N–H and O–H groups in total. The normalized spacial score (nSPS) is 12.4. The number of carbonyl (C=O) groups excluding carboxylic acids is 1. The molecule has 1 aromatic carbocycles. The van der Waals surface area contributed by atoms with Gasteiger partial charge in [0.15, 0.2) is 0 Å². The number of imidazole rings is 1. The predicted octanol–water partition coefficient (Wildman–Crippen LogP) is 3.33. The van der Waals surface area contributed by atoms with E-state index >= 15 is 0 Å². The third-order valence-electron chi connectivity index (χ3n) is 2.77. The average molecular weight is 293 g/mol. The van der Waals surface area contributed by atoms with Crippen LogP contribution >= 0.6 is 15.9 Å². The molecular formula is C13H13BrN2O. The van der Waals surface area contributed by atoms with Gasteiger partial charge in [-0.1, -0.05) is 13.0 Å². The van der Waals surface area contributed by atoms with Gasteiger partial charge in [0, 0.05) is 23.3 Å². The van der Waals surface area contributed by atoms with Crippen LogP contribution in [-0.2, 0) is 4.79 Å². The predicted molar refractivity (Wildman–Crippen MR) is 70.4 cm³/mol. The Hall–Kier alpha value is -1.42. The summed E-state index contributed by atoms with van der Waals surface area (Å²) < 4.78 is 2.95. The van der Waals surface area contributed by atoms with Gasteiger partial charge in [-0.05, 0) is 39.5 Å². The maximum absolute atomic E-state index is 10.5. The summed E-state index contributed by atoms with van der Waals surface area (Å²) in [5.41, 5.74) is 2.21. The first kappa shape index (κ1) is 12.0. The highest BCUT2D eigenvalue weighted by molar-refractivity contribution is 9.10. The molecule has 0 fully saturated rings. The fraction of sp³-hybridized carbons (Fsp3) is 0.231. The second-order valence-electron chi connectivity index (χ2n) is 3.98. The van der Waals surface area contributed by atoms with Crippen molar-refractivity contribution in [2.75, 3.05) is 0 Å². The number of aromatic nitrogens is 2. The molecule has 2 aromatic rings. The molecule has 2 rings (SSSR count). The van der Waals surface area contributed by atoms with E-state index in [4.69, 9.17) is 0 Å². The van der Waals surface area contributed by atoms with E-state index in [1.165, 1.54) is 0 Å². The van der Waals surface area contributed by atoms with Crippen molar-refractivity contribution >= 4 is 22.2 Å². The van der Waals surface area contributed by atoms with Crippen molar-refractivity contribution in [3.63, 3.8) is 0 Å². The number of hydrogen-bond donors (Lipinski definition) is 0. The first-order chi connectivity index (χ1) is 8.22. The van der Waals surface area contributed by atoms with E-state index in [0.29, 0.717) is 6.42 Å². The highest BCUT2D eigenvalue weighted by Gasteiger charge is 2.08. The maximum atomic E-state index is 10.5. The molecule has 88 valence electrons. The highest BCUT2D eigenvalue weighted by Crippen LogP contribution is 2.27. The van der Waals surface area contributed by atoms with Crippen molar-refractivity contribution in [3.8, 4) is 5.69 Å². The second kappa shape index (κ2) is 5.27. The molecule has 0 aliphatic rings. The van der Waals surface area contributed by atoms with Gasteiger partial charge in [0.1, 0.15) is 6.29 Å². The number of benzene rings is 1. The summed E-state index contributed by atoms with van der Waals surface area (Å²) in [6.07, 6.45) is 6.91. The summed E-state index contributed by atoms with van der Waals surface area (Å²) >= 11 is 3.55. The first-order valence-electron chi connectivity index (χ1n) is 5.43. The van der Waals surface area contributed by atoms with Crippen LogP contribution in [-0.4, -0.2) is 15.8 Å². The lowest BCUT2D eigenvalue weighted by molar-refractivity contribution is -0.108. The van der Waals surface area contributed by atoms with Gasteiger partial charge >= 0.3 is 0 Å². The Kier molecular flexibility index (Phi) is 3.74. The quantitative estimate of drug-likeness (QED) is 0.810. The lowest BCUT2D eigenvalue weighted by Gasteiger charge is -2.11. The van der Waals surface area contributed by atoms with Crippen LogP contribution in [0.25, 0.3) is 5.69 Å². The van der Waals surface area contributed by atoms with Crippen molar-refractivity contribution < 1.29 is 4.79 Å². The Morgan fingerprint density at radius 3 is 2.94 bits per heavy atom. The third kappa shape index (κ3) is 2.64. The summed E-state index contributed by atoms with van der Waals surface area (Å²) in [5, 5.41) is 0. The molecule has 1 atom stereocenters. The standard InChI is InChI=1S/C13H13BrN2O/c1-10(4-7-17)11-2-3-13(12(14)8-11)16-6-5-15-9-16/h2-3,5-10H,4H2,1H3. The second-order valence-corrected chi connectivity index (χ2v) is 4.84. The van der Waals surface area contributed by atoms with Crippen LogP contribution in [0.5, 0.6) is 0 Å². The van der Waals surface area contributed by atoms with Crippen molar-refractivity contribution in [2.24, 2.45) is 0 Å². The number of hydrogen-bond acceptors (Lipinski definition) is 2. The third-order valence-corrected chi connectivity index (χ3v) is 3.41. The van der Waals surface area contributed by atoms with Crippen molar-refractivity contribution in [1.29, 1.82) is 0 Å². The molecule has 0 bridgehead atoms. The SMILES string of the molecule is CC(CC=O)c1ccc(-n2ccnc2)c(Br)c1. The minimum absolute atomic E-state index is 0.251. The minimum atomic E-state index is 0.251. The molecule has 17 heavy (non-hydrogen) atoms. The van der Waals surface area contributed by atoms with E-state index < -0.39 is 0 Å². The Bertz CT molecular complexity index is 508. The monoisotopic (exact) mass is 292 g/mol. The summed E-state index contributed by atoms with van der Waals surface area (Å²) in [7, 11) is 0. The number of aldehydes is 1. The van der Waals surface area contributed by atoms with Gasteiger partial charge in [-0.15, -0.1) is 0 Å². The zero-order chi connectivity index (χ0) is 12.3. The summed E-state index contributed by atoms with van der Waals surface area (Å²) in [5.74, 6) is 0.251. The molecule has 3 nitrogen and oxygen atoms in total. The molecule has 1 aromatic heterocycles. The van der Waals surface area contributed by atoms with Crippen LogP contribution in [0.15, 0.2) is 41.4 Å².